The average Bonchev–Trinajstić information content (AvgIpc) is 0.859. The molecule has 576 valence electrons. The highest BCUT2D eigenvalue weighted by Gasteiger charge is 2.39. The van der Waals surface area contributed by atoms with Crippen LogP contribution in [-0.4, -0.2) is 221 Å². The van der Waals surface area contributed by atoms with Crippen LogP contribution in [0.2, 0.25) is 0 Å². The number of unbranched alkanes of at least 4 members (excludes halogenated alkanes) is 1. The molecule has 0 heterocycles. The predicted octanol–water partition coefficient (Wildman–Crippen LogP) is -5.23. The van der Waals surface area contributed by atoms with Gasteiger partial charge in [-0.3, -0.25) is 71.9 Å². The van der Waals surface area contributed by atoms with E-state index in [0.29, 0.717) is 25.8 Å². The normalized spacial score (nSPS) is 16.1. The zero-order chi connectivity index (χ0) is 77.9. The van der Waals surface area contributed by atoms with E-state index in [1.807, 2.05) is 13.8 Å². The summed E-state index contributed by atoms with van der Waals surface area (Å²) < 4.78 is 0. The van der Waals surface area contributed by atoms with Gasteiger partial charge in [-0.1, -0.05) is 102 Å². The summed E-state index contributed by atoms with van der Waals surface area (Å²) in [6, 6.07) is -16.9. The van der Waals surface area contributed by atoms with Crippen LogP contribution in [0.4, 0.5) is 0 Å². The smallest absolute Gasteiger partial charge is 0.326 e. The quantitative estimate of drug-likeness (QED) is 0.0253. The monoisotopic (exact) mass is 1440 g/mol. The number of aliphatic hydroxyl groups is 2. The number of nitrogens with one attached hydrogen (secondary N) is 14. The molecule has 0 fully saturated rings. The number of nitrogens with two attached hydrogens (primary N) is 3. The number of carbonyl (C=O) groups is 16. The van der Waals surface area contributed by atoms with Crippen LogP contribution >= 0.6 is 0 Å². The van der Waals surface area contributed by atoms with Crippen LogP contribution < -0.4 is 91.6 Å². The fourth-order valence-corrected chi connectivity index (χ4v) is 9.82. The van der Waals surface area contributed by atoms with E-state index in [0.717, 1.165) is 13.8 Å². The molecule has 0 aromatic rings. The van der Waals surface area contributed by atoms with Crippen molar-refractivity contribution < 1.29 is 92.0 Å². The van der Waals surface area contributed by atoms with Gasteiger partial charge in [-0.15, -0.1) is 0 Å². The molecule has 0 spiro atoms. The Balaban J connectivity index is 6.23. The molecule has 16 atom stereocenters. The summed E-state index contributed by atoms with van der Waals surface area (Å²) in [4.78, 5) is 212. The van der Waals surface area contributed by atoms with Gasteiger partial charge >= 0.3 is 5.97 Å². The molecule has 23 N–H and O–H groups in total. The van der Waals surface area contributed by atoms with Crippen LogP contribution in [0.15, 0.2) is 0 Å². The molecule has 36 heteroatoms. The molecular formula is C65H117N17O19. The molecule has 0 saturated carbocycles. The number of aliphatic hydroxyl groups excluding tert-OH is 2. The second-order valence-corrected chi connectivity index (χ2v) is 27.3. The number of amides is 15. The van der Waals surface area contributed by atoms with E-state index >= 15 is 0 Å². The maximum atomic E-state index is 14.2. The molecule has 0 rings (SSSR count). The third-order valence-electron chi connectivity index (χ3n) is 16.1. The zero-order valence-corrected chi connectivity index (χ0v) is 61.3. The van der Waals surface area contributed by atoms with Crippen molar-refractivity contribution in [3.05, 3.63) is 0 Å². The maximum Gasteiger partial charge on any atom is 0.326 e. The lowest BCUT2D eigenvalue weighted by molar-refractivity contribution is -0.142. The largest absolute Gasteiger partial charge is 0.480 e. The molecule has 0 aliphatic heterocycles. The minimum Gasteiger partial charge on any atom is -0.480 e. The van der Waals surface area contributed by atoms with E-state index in [1.165, 1.54) is 13.8 Å². The van der Waals surface area contributed by atoms with Crippen molar-refractivity contribution in [1.82, 2.24) is 74.4 Å². The maximum absolute atomic E-state index is 14.2. The van der Waals surface area contributed by atoms with E-state index in [4.69, 9.17) is 17.2 Å². The Morgan fingerprint density at radius 2 is 0.703 bits per heavy atom. The van der Waals surface area contributed by atoms with Crippen molar-refractivity contribution >= 4 is 94.6 Å². The fraction of sp³-hybridized carbons (Fsp3) is 0.754. The molecule has 0 saturated heterocycles. The summed E-state index contributed by atoms with van der Waals surface area (Å²) in [5, 5.41) is 65.0. The number of carbonyl (C=O) groups excluding carboxylic acids is 15. The van der Waals surface area contributed by atoms with Gasteiger partial charge in [0.15, 0.2) is 0 Å². The Morgan fingerprint density at radius 3 is 1.11 bits per heavy atom. The average molecular weight is 1440 g/mol. The first-order chi connectivity index (χ1) is 46.9. The van der Waals surface area contributed by atoms with Crippen LogP contribution in [0.25, 0.3) is 0 Å². The number of aliphatic carboxylic acids is 1. The first kappa shape index (κ1) is 92.4. The van der Waals surface area contributed by atoms with Gasteiger partial charge in [-0.05, 0) is 102 Å². The second-order valence-electron chi connectivity index (χ2n) is 27.3. The minimum absolute atomic E-state index is 0.0435. The highest BCUT2D eigenvalue weighted by Crippen LogP contribution is 2.15. The summed E-state index contributed by atoms with van der Waals surface area (Å²) in [6.45, 7) is 23.7. The Labute approximate surface area is 591 Å². The molecule has 36 nitrogen and oxygen atoms in total. The number of carboxylic acids is 1. The summed E-state index contributed by atoms with van der Waals surface area (Å²) in [7, 11) is 0. The van der Waals surface area contributed by atoms with Crippen molar-refractivity contribution in [2.24, 2.45) is 52.7 Å². The third-order valence-corrected chi connectivity index (χ3v) is 16.1. The first-order valence-electron chi connectivity index (χ1n) is 34.4. The van der Waals surface area contributed by atoms with Gasteiger partial charge in [0, 0.05) is 0 Å². The summed E-state index contributed by atoms with van der Waals surface area (Å²) in [6.07, 6.45) is -1.93. The molecule has 101 heavy (non-hydrogen) atoms. The second kappa shape index (κ2) is 46.7. The van der Waals surface area contributed by atoms with Crippen molar-refractivity contribution in [1.29, 1.82) is 0 Å². The van der Waals surface area contributed by atoms with Gasteiger partial charge in [0.05, 0.1) is 44.3 Å². The summed E-state index contributed by atoms with van der Waals surface area (Å²) in [5.74, 6) is -17.4. The minimum atomic E-state index is -1.95. The molecular weight excluding hydrogens is 1320 g/mol. The van der Waals surface area contributed by atoms with Crippen molar-refractivity contribution in [2.75, 3.05) is 26.2 Å². The Kier molecular flexibility index (Phi) is 42.7. The number of hydrogen-bond donors (Lipinski definition) is 20. The van der Waals surface area contributed by atoms with Crippen LogP contribution in [-0.2, 0) is 76.7 Å². The van der Waals surface area contributed by atoms with E-state index in [2.05, 4.69) is 74.4 Å². The Hall–Kier alpha value is -8.64. The molecule has 0 aromatic heterocycles. The highest BCUT2D eigenvalue weighted by molar-refractivity contribution is 6.00. The number of rotatable bonds is 48. The van der Waals surface area contributed by atoms with Gasteiger partial charge in [-0.2, -0.15) is 0 Å². The highest BCUT2D eigenvalue weighted by atomic mass is 16.4. The van der Waals surface area contributed by atoms with Crippen LogP contribution in [0.1, 0.15) is 169 Å². The van der Waals surface area contributed by atoms with E-state index < -0.39 is 223 Å². The lowest BCUT2D eigenvalue weighted by Gasteiger charge is -2.30. The Bertz CT molecular complexity index is 2810. The van der Waals surface area contributed by atoms with E-state index in [-0.39, 0.29) is 49.9 Å². The number of primary amides is 1. The third kappa shape index (κ3) is 35.5. The lowest BCUT2D eigenvalue weighted by atomic mass is 9.96. The zero-order valence-electron chi connectivity index (χ0n) is 61.3. The molecule has 0 aliphatic rings. The summed E-state index contributed by atoms with van der Waals surface area (Å²) >= 11 is 0. The van der Waals surface area contributed by atoms with Crippen LogP contribution in [0.3, 0.4) is 0 Å². The molecule has 15 amide bonds. The van der Waals surface area contributed by atoms with E-state index in [1.54, 1.807) is 69.2 Å². The lowest BCUT2D eigenvalue weighted by Crippen LogP contribution is -2.63. The van der Waals surface area contributed by atoms with Crippen molar-refractivity contribution in [3.63, 3.8) is 0 Å². The topological polar surface area (TPSA) is 580 Å². The van der Waals surface area contributed by atoms with Crippen LogP contribution in [0.5, 0.6) is 0 Å². The molecule has 0 bridgehead atoms. The fourth-order valence-electron chi connectivity index (χ4n) is 9.82. The van der Waals surface area contributed by atoms with Gasteiger partial charge < -0.3 is 107 Å². The number of carboxylic acid groups (broad SMARTS) is 1. The van der Waals surface area contributed by atoms with Crippen LogP contribution in [0, 0.1) is 35.5 Å². The first-order valence-corrected chi connectivity index (χ1v) is 34.4. The molecule has 0 radical (unpaired) electrons. The predicted molar refractivity (Wildman–Crippen MR) is 369 cm³/mol. The van der Waals surface area contributed by atoms with Crippen molar-refractivity contribution in [2.45, 2.75) is 253 Å². The van der Waals surface area contributed by atoms with Gasteiger partial charge in [0.1, 0.15) is 66.5 Å². The summed E-state index contributed by atoms with van der Waals surface area (Å²) in [5.41, 5.74) is 17.1. The molecule has 0 aliphatic carbocycles. The SMILES string of the molecule is CC[C@H](C)[C@H](NC(=O)[C@H](CC(C)C)NC(=O)CNC(=O)[C@H](CC(C)C)NC(=O)[C@@H](N)CCCCN)C(=O)N[C@H](C(=O)N[C@@H](CC(N)=O)C(=O)N[C@H](C(=O)N[C@H](C(=O)N[C@@H](C)C(=O)NCC(=O)N[C@H](C(=O)N[C@@H](C)C(=O)NCC(=O)N[C@@H](CC(C)C)C(=O)O)C(C)C)[C@@H](C)CC)[C@@H](C)O)[C@@H](C)O. The van der Waals surface area contributed by atoms with E-state index in [9.17, 15) is 92.0 Å². The van der Waals surface area contributed by atoms with Crippen molar-refractivity contribution in [3.8, 4) is 0 Å². The molecule has 0 aromatic carbocycles. The van der Waals surface area contributed by atoms with Gasteiger partial charge in [0.25, 0.3) is 0 Å². The van der Waals surface area contributed by atoms with Gasteiger partial charge in [-0.25, -0.2) is 4.79 Å². The molecule has 0 unspecified atom stereocenters. The van der Waals surface area contributed by atoms with Gasteiger partial charge in [0.2, 0.25) is 88.6 Å². The number of hydrogen-bond acceptors (Lipinski definition) is 20. The standard InChI is InChI=1S/C65H117N17O19/c1-17-34(11)50(61(96)73-37(14)55(90)70-29-48(88)78-49(33(9)10)60(95)72-36(13)54(89)69-27-47(87)75-44(65(100)101)25-32(7)8)80-64(99)53(39(16)84)81-59(94)43(26-45(68)85)77-63(98)52(38(15)83)82-62(97)51(35(12)18-2)79-58(93)42(24-31(5)6)74-46(86)28-71-57(92)41(23-30(3)4)76-56(91)40(67)21-19-20-22-66/h30-44,49-53,83-84H,17-29,66-67H2,1-16H3,(H2,68,85)(H,69,89)(H,70,90)(H,71,92)(H,72,95)(H,73,96)(H,74,86)(H,75,87)(H,76,91)(H,77,98)(H,78,88)(H,79,93)(H,80,99)(H,81,94)(H,82,97)(H,100,101)/t34-,35-,36-,37-,38+,39+,40-,41-,42-,43-,44-,49-,50-,51-,52-,53-/m0/s1. The Morgan fingerprint density at radius 1 is 0.366 bits per heavy atom.